The fourth-order valence-corrected chi connectivity index (χ4v) is 3.68. The zero-order chi connectivity index (χ0) is 22.6. The third-order valence-corrected chi connectivity index (χ3v) is 5.45. The van der Waals surface area contributed by atoms with Gasteiger partial charge in [-0.05, 0) is 34.9 Å². The predicted octanol–water partition coefficient (Wildman–Crippen LogP) is 4.55. The first-order valence-corrected chi connectivity index (χ1v) is 10.4. The molecule has 1 unspecified atom stereocenters. The summed E-state index contributed by atoms with van der Waals surface area (Å²) in [6, 6.07) is 18.7. The molecule has 3 aromatic carbocycles. The van der Waals surface area contributed by atoms with Crippen molar-refractivity contribution in [1.82, 2.24) is 20.1 Å². The average Bonchev–Trinajstić information content (AvgIpc) is 3.27. The van der Waals surface area contributed by atoms with Crippen molar-refractivity contribution in [1.29, 1.82) is 0 Å². The lowest BCUT2D eigenvalue weighted by molar-refractivity contribution is 0.0117. The Balaban J connectivity index is 1.46. The maximum absolute atomic E-state index is 14.5. The Morgan fingerprint density at radius 3 is 2.28 bits per heavy atom. The predicted molar refractivity (Wildman–Crippen MR) is 119 cm³/mol. The molecule has 8 heteroatoms. The minimum absolute atomic E-state index is 0.0139. The first kappa shape index (κ1) is 22.1. The fraction of sp³-hybridized carbons (Fsp3) is 0.167. The third-order valence-electron chi connectivity index (χ3n) is 5.20. The minimum Gasteiger partial charge on any atom is -0.382 e. The number of aliphatic hydroxyl groups is 1. The van der Waals surface area contributed by atoms with Crippen molar-refractivity contribution in [3.63, 3.8) is 0 Å². The number of hydrogen-bond acceptors (Lipinski definition) is 4. The average molecular weight is 455 g/mol. The highest BCUT2D eigenvalue weighted by Crippen LogP contribution is 2.26. The molecule has 0 saturated carbocycles. The Hall–Kier alpha value is -3.13. The Morgan fingerprint density at radius 2 is 1.66 bits per heavy atom. The summed E-state index contributed by atoms with van der Waals surface area (Å²) in [6.07, 6.45) is 2.76. The van der Waals surface area contributed by atoms with Crippen molar-refractivity contribution in [2.45, 2.75) is 18.7 Å². The summed E-state index contributed by atoms with van der Waals surface area (Å²) in [6.45, 7) is 0.426. The van der Waals surface area contributed by atoms with Gasteiger partial charge in [0.05, 0.1) is 6.54 Å². The quantitative estimate of drug-likeness (QED) is 0.410. The molecule has 0 aliphatic rings. The molecule has 0 aliphatic carbocycles. The van der Waals surface area contributed by atoms with E-state index in [1.165, 1.54) is 23.4 Å². The molecule has 0 bridgehead atoms. The van der Waals surface area contributed by atoms with Gasteiger partial charge in [-0.3, -0.25) is 0 Å². The van der Waals surface area contributed by atoms with Crippen LogP contribution in [0.15, 0.2) is 79.4 Å². The molecule has 1 atom stereocenters. The smallest absolute Gasteiger partial charge is 0.137 e. The Bertz CT molecular complexity index is 1170. The van der Waals surface area contributed by atoms with Crippen molar-refractivity contribution in [3.05, 3.63) is 107 Å². The van der Waals surface area contributed by atoms with E-state index in [9.17, 15) is 13.9 Å². The zero-order valence-corrected chi connectivity index (χ0v) is 17.8. The minimum atomic E-state index is -1.66. The van der Waals surface area contributed by atoms with Crippen LogP contribution in [0.1, 0.15) is 11.1 Å². The van der Waals surface area contributed by atoms with Gasteiger partial charge in [-0.25, -0.2) is 18.4 Å². The van der Waals surface area contributed by atoms with E-state index in [-0.39, 0.29) is 18.7 Å². The Labute approximate surface area is 189 Å². The molecule has 0 spiro atoms. The van der Waals surface area contributed by atoms with Crippen LogP contribution in [-0.2, 0) is 18.7 Å². The number of nitrogens with zero attached hydrogens (tertiary/aromatic N) is 3. The molecule has 0 radical (unpaired) electrons. The van der Waals surface area contributed by atoms with Crippen molar-refractivity contribution in [2.75, 3.05) is 6.54 Å². The summed E-state index contributed by atoms with van der Waals surface area (Å²) in [5.74, 6) is -1.52. The summed E-state index contributed by atoms with van der Waals surface area (Å²) in [5.41, 5.74) is 1.43. The molecule has 0 fully saturated rings. The van der Waals surface area contributed by atoms with Gasteiger partial charge in [0.25, 0.3) is 0 Å². The van der Waals surface area contributed by atoms with Crippen LogP contribution in [0.4, 0.5) is 8.78 Å². The number of benzene rings is 3. The number of aromatic nitrogens is 3. The van der Waals surface area contributed by atoms with Crippen LogP contribution in [0.2, 0.25) is 5.02 Å². The van der Waals surface area contributed by atoms with Crippen LogP contribution < -0.4 is 5.32 Å². The van der Waals surface area contributed by atoms with Gasteiger partial charge in [0, 0.05) is 29.7 Å². The third kappa shape index (κ3) is 5.19. The molecule has 32 heavy (non-hydrogen) atoms. The van der Waals surface area contributed by atoms with E-state index >= 15 is 0 Å². The number of halogens is 3. The van der Waals surface area contributed by atoms with Crippen molar-refractivity contribution < 1.29 is 13.9 Å². The number of hydrogen-bond donors (Lipinski definition) is 2. The van der Waals surface area contributed by atoms with E-state index in [0.717, 1.165) is 28.8 Å². The normalized spacial score (nSPS) is 13.1. The second-order valence-electron chi connectivity index (χ2n) is 7.56. The molecular formula is C24H21ClF2N4O. The van der Waals surface area contributed by atoms with Crippen LogP contribution in [0.5, 0.6) is 0 Å². The van der Waals surface area contributed by atoms with E-state index in [4.69, 9.17) is 11.6 Å². The van der Waals surface area contributed by atoms with E-state index in [2.05, 4.69) is 15.4 Å². The highest BCUT2D eigenvalue weighted by molar-refractivity contribution is 6.30. The lowest BCUT2D eigenvalue weighted by Gasteiger charge is -2.29. The standard InChI is InChI=1S/C24H21ClF2N4O/c25-20-7-5-19(6-8-20)18-3-1-17(2-4-18)12-28-13-24(32,14-31-16-29-15-30-31)22-10-9-21(26)11-23(22)27/h1-11,15-16,28,32H,12-14H2. The molecule has 1 aromatic heterocycles. The molecule has 4 aromatic rings. The maximum atomic E-state index is 14.5. The second kappa shape index (κ2) is 9.56. The highest BCUT2D eigenvalue weighted by atomic mass is 35.5. The summed E-state index contributed by atoms with van der Waals surface area (Å²) in [5, 5.41) is 19.2. The molecule has 0 aliphatic heterocycles. The largest absolute Gasteiger partial charge is 0.382 e. The van der Waals surface area contributed by atoms with Gasteiger partial charge in [0.2, 0.25) is 0 Å². The van der Waals surface area contributed by atoms with Gasteiger partial charge >= 0.3 is 0 Å². The lowest BCUT2D eigenvalue weighted by atomic mass is 9.92. The van der Waals surface area contributed by atoms with Crippen LogP contribution in [0.25, 0.3) is 11.1 Å². The van der Waals surface area contributed by atoms with Crippen molar-refractivity contribution in [2.24, 2.45) is 0 Å². The molecule has 5 nitrogen and oxygen atoms in total. The summed E-state index contributed by atoms with van der Waals surface area (Å²) < 4.78 is 29.3. The SMILES string of the molecule is OC(CNCc1ccc(-c2ccc(Cl)cc2)cc1)(Cn1cncn1)c1ccc(F)cc1F. The van der Waals surface area contributed by atoms with E-state index in [1.54, 1.807) is 0 Å². The van der Waals surface area contributed by atoms with Gasteiger partial charge in [-0.2, -0.15) is 5.10 Å². The van der Waals surface area contributed by atoms with Crippen LogP contribution >= 0.6 is 11.6 Å². The lowest BCUT2D eigenvalue weighted by Crippen LogP contribution is -2.42. The van der Waals surface area contributed by atoms with E-state index < -0.39 is 17.2 Å². The first-order valence-electron chi connectivity index (χ1n) is 9.99. The fourth-order valence-electron chi connectivity index (χ4n) is 3.56. The van der Waals surface area contributed by atoms with Gasteiger partial charge in [-0.15, -0.1) is 0 Å². The van der Waals surface area contributed by atoms with Gasteiger partial charge < -0.3 is 10.4 Å². The van der Waals surface area contributed by atoms with Gasteiger partial charge in [0.15, 0.2) is 0 Å². The molecule has 0 amide bonds. The molecule has 164 valence electrons. The topological polar surface area (TPSA) is 63.0 Å². The number of rotatable bonds is 8. The van der Waals surface area contributed by atoms with Crippen molar-refractivity contribution in [3.8, 4) is 11.1 Å². The molecule has 0 saturated heterocycles. The van der Waals surface area contributed by atoms with Crippen LogP contribution in [0, 0.1) is 11.6 Å². The van der Waals surface area contributed by atoms with Gasteiger partial charge in [0.1, 0.15) is 29.9 Å². The second-order valence-corrected chi connectivity index (χ2v) is 7.99. The summed E-state index contributed by atoms with van der Waals surface area (Å²) in [4.78, 5) is 3.86. The molecular weight excluding hydrogens is 434 g/mol. The maximum Gasteiger partial charge on any atom is 0.137 e. The highest BCUT2D eigenvalue weighted by Gasteiger charge is 2.33. The van der Waals surface area contributed by atoms with Crippen LogP contribution in [0.3, 0.4) is 0 Å². The monoisotopic (exact) mass is 454 g/mol. The first-order chi connectivity index (χ1) is 15.4. The summed E-state index contributed by atoms with van der Waals surface area (Å²) >= 11 is 5.95. The van der Waals surface area contributed by atoms with Crippen LogP contribution in [-0.4, -0.2) is 26.4 Å². The zero-order valence-electron chi connectivity index (χ0n) is 17.0. The van der Waals surface area contributed by atoms with E-state index in [0.29, 0.717) is 11.6 Å². The van der Waals surface area contributed by atoms with Gasteiger partial charge in [-0.1, -0.05) is 54.1 Å². The molecule has 1 heterocycles. The number of nitrogens with one attached hydrogen (secondary N) is 1. The molecule has 4 rings (SSSR count). The van der Waals surface area contributed by atoms with E-state index in [1.807, 2.05) is 48.5 Å². The van der Waals surface area contributed by atoms with Crippen molar-refractivity contribution >= 4 is 11.6 Å². The Kier molecular flexibility index (Phi) is 6.60. The summed E-state index contributed by atoms with van der Waals surface area (Å²) in [7, 11) is 0. The Morgan fingerprint density at radius 1 is 0.969 bits per heavy atom. The molecule has 2 N–H and O–H groups in total.